The van der Waals surface area contributed by atoms with Crippen molar-refractivity contribution in [3.63, 3.8) is 0 Å². The molecular weight excluding hydrogens is 520 g/mol. The zero-order valence-electron chi connectivity index (χ0n) is 21.1. The molecule has 2 heterocycles. The summed E-state index contributed by atoms with van der Waals surface area (Å²) in [4.78, 5) is 72.9. The molecule has 3 rings (SSSR count). The van der Waals surface area contributed by atoms with Gasteiger partial charge >= 0.3 is 6.09 Å². The van der Waals surface area contributed by atoms with E-state index in [2.05, 4.69) is 15.4 Å². The zero-order valence-corrected chi connectivity index (χ0v) is 21.1. The Morgan fingerprint density at radius 2 is 1.62 bits per heavy atom. The molecule has 15 nitrogen and oxygen atoms in total. The molecule has 0 bridgehead atoms. The SMILES string of the molecule is NC(=O)OCCOCCOCCOCCNC(=O)COc1cccc2c1C(=O)N(C1CCC(=O)NC1=O)C2=O. The van der Waals surface area contributed by atoms with E-state index in [0.29, 0.717) is 26.4 Å². The van der Waals surface area contributed by atoms with E-state index in [-0.39, 0.29) is 56.1 Å². The van der Waals surface area contributed by atoms with Gasteiger partial charge in [-0.05, 0) is 18.6 Å². The summed E-state index contributed by atoms with van der Waals surface area (Å²) < 4.78 is 25.8. The second-order valence-corrected chi connectivity index (χ2v) is 8.27. The van der Waals surface area contributed by atoms with Gasteiger partial charge < -0.3 is 34.7 Å². The normalized spacial score (nSPS) is 16.6. The van der Waals surface area contributed by atoms with E-state index in [4.69, 9.17) is 24.7 Å². The standard InChI is InChI=1S/C24H30N4O11/c25-24(34)38-13-12-37-11-10-36-9-8-35-7-6-26-19(30)14-39-17-3-1-2-15-20(17)23(33)28(22(15)32)16-4-5-18(29)27-21(16)31/h1-3,16H,4-14H2,(H2,25,34)(H,26,30)(H,27,29,31). The summed E-state index contributed by atoms with van der Waals surface area (Å²) in [5.41, 5.74) is 4.84. The van der Waals surface area contributed by atoms with Crippen LogP contribution in [0.5, 0.6) is 5.75 Å². The number of hydrogen-bond acceptors (Lipinski definition) is 11. The molecule has 0 saturated carbocycles. The van der Waals surface area contributed by atoms with Crippen LogP contribution in [0.15, 0.2) is 18.2 Å². The van der Waals surface area contributed by atoms with Crippen molar-refractivity contribution in [3.8, 4) is 5.75 Å². The highest BCUT2D eigenvalue weighted by atomic mass is 16.6. The number of imide groups is 2. The van der Waals surface area contributed by atoms with Crippen LogP contribution in [0.4, 0.5) is 4.79 Å². The van der Waals surface area contributed by atoms with Crippen LogP contribution in [0.25, 0.3) is 0 Å². The van der Waals surface area contributed by atoms with Crippen molar-refractivity contribution >= 4 is 35.6 Å². The smallest absolute Gasteiger partial charge is 0.404 e. The summed E-state index contributed by atoms with van der Waals surface area (Å²) in [6.07, 6.45) is -0.813. The van der Waals surface area contributed by atoms with Crippen LogP contribution in [0.1, 0.15) is 33.6 Å². The number of nitrogens with one attached hydrogen (secondary N) is 2. The maximum Gasteiger partial charge on any atom is 0.404 e. The molecule has 15 heteroatoms. The topological polar surface area (TPSA) is 202 Å². The number of ether oxygens (including phenoxy) is 5. The van der Waals surface area contributed by atoms with Crippen molar-refractivity contribution < 1.29 is 52.5 Å². The molecule has 1 aromatic rings. The van der Waals surface area contributed by atoms with Gasteiger partial charge in [-0.2, -0.15) is 0 Å². The van der Waals surface area contributed by atoms with Crippen molar-refractivity contribution in [2.45, 2.75) is 18.9 Å². The van der Waals surface area contributed by atoms with Gasteiger partial charge in [0.2, 0.25) is 11.8 Å². The van der Waals surface area contributed by atoms with Crippen LogP contribution in [0, 0.1) is 0 Å². The third-order valence-electron chi connectivity index (χ3n) is 5.57. The maximum atomic E-state index is 13.0. The Bertz CT molecular complexity index is 1090. The number of nitrogens with zero attached hydrogens (tertiary/aromatic N) is 1. The molecule has 1 aromatic carbocycles. The predicted molar refractivity (Wildman–Crippen MR) is 130 cm³/mol. The lowest BCUT2D eigenvalue weighted by atomic mass is 10.0. The fourth-order valence-electron chi connectivity index (χ4n) is 3.80. The van der Waals surface area contributed by atoms with Crippen molar-refractivity contribution in [1.82, 2.24) is 15.5 Å². The highest BCUT2D eigenvalue weighted by Crippen LogP contribution is 2.33. The molecular formula is C24H30N4O11. The monoisotopic (exact) mass is 550 g/mol. The van der Waals surface area contributed by atoms with Gasteiger partial charge in [0.05, 0.1) is 50.8 Å². The summed E-state index contributed by atoms with van der Waals surface area (Å²) in [5.74, 6) is -3.00. The lowest BCUT2D eigenvalue weighted by molar-refractivity contribution is -0.136. The van der Waals surface area contributed by atoms with Gasteiger partial charge in [0, 0.05) is 13.0 Å². The Morgan fingerprint density at radius 1 is 0.949 bits per heavy atom. The lowest BCUT2D eigenvalue weighted by Crippen LogP contribution is -2.54. The summed E-state index contributed by atoms with van der Waals surface area (Å²) in [7, 11) is 0. The Labute approximate surface area is 223 Å². The average Bonchev–Trinajstić information content (AvgIpc) is 3.15. The van der Waals surface area contributed by atoms with E-state index < -0.39 is 48.3 Å². The van der Waals surface area contributed by atoms with Gasteiger partial charge in [-0.15, -0.1) is 0 Å². The Balaban J connectivity index is 1.32. The van der Waals surface area contributed by atoms with Crippen LogP contribution in [-0.2, 0) is 33.3 Å². The first-order valence-electron chi connectivity index (χ1n) is 12.2. The van der Waals surface area contributed by atoms with Crippen molar-refractivity contribution in [2.24, 2.45) is 5.73 Å². The fourth-order valence-corrected chi connectivity index (χ4v) is 3.80. The third-order valence-corrected chi connectivity index (χ3v) is 5.57. The highest BCUT2D eigenvalue weighted by molar-refractivity contribution is 6.24. The number of piperidine rings is 1. The summed E-state index contributed by atoms with van der Waals surface area (Å²) in [6, 6.07) is 3.30. The van der Waals surface area contributed by atoms with Gasteiger partial charge in [0.15, 0.2) is 6.61 Å². The first-order chi connectivity index (χ1) is 18.8. The van der Waals surface area contributed by atoms with E-state index >= 15 is 0 Å². The first-order valence-corrected chi connectivity index (χ1v) is 12.2. The predicted octanol–water partition coefficient (Wildman–Crippen LogP) is -1.27. The van der Waals surface area contributed by atoms with Crippen LogP contribution in [0.3, 0.4) is 0 Å². The Morgan fingerprint density at radius 3 is 2.28 bits per heavy atom. The minimum absolute atomic E-state index is 0.00995. The van der Waals surface area contributed by atoms with Gasteiger partial charge in [-0.1, -0.05) is 6.07 Å². The van der Waals surface area contributed by atoms with Crippen LogP contribution in [0.2, 0.25) is 0 Å². The number of fused-ring (bicyclic) bond motifs is 1. The molecule has 2 aliphatic rings. The minimum atomic E-state index is -1.10. The third kappa shape index (κ3) is 8.46. The van der Waals surface area contributed by atoms with Crippen molar-refractivity contribution in [2.75, 3.05) is 59.4 Å². The maximum absolute atomic E-state index is 13.0. The second kappa shape index (κ2) is 14.8. The summed E-state index contributed by atoms with van der Waals surface area (Å²) in [6.45, 7) is 1.58. The minimum Gasteiger partial charge on any atom is -0.483 e. The number of primary amides is 1. The van der Waals surface area contributed by atoms with E-state index in [0.717, 1.165) is 4.90 Å². The molecule has 0 radical (unpaired) electrons. The molecule has 2 aliphatic heterocycles. The number of rotatable bonds is 16. The van der Waals surface area contributed by atoms with E-state index in [9.17, 15) is 28.8 Å². The Kier molecular flexibility index (Phi) is 11.1. The first kappa shape index (κ1) is 29.5. The molecule has 1 atom stereocenters. The zero-order chi connectivity index (χ0) is 28.2. The number of hydrogen-bond donors (Lipinski definition) is 3. The fraction of sp³-hybridized carbons (Fsp3) is 0.500. The van der Waals surface area contributed by atoms with Gasteiger partial charge in [-0.25, -0.2) is 4.79 Å². The van der Waals surface area contributed by atoms with Crippen LogP contribution in [-0.4, -0.2) is 106 Å². The quantitative estimate of drug-likeness (QED) is 0.164. The van der Waals surface area contributed by atoms with Crippen molar-refractivity contribution in [3.05, 3.63) is 29.3 Å². The molecule has 39 heavy (non-hydrogen) atoms. The second-order valence-electron chi connectivity index (χ2n) is 8.27. The molecule has 212 valence electrons. The molecule has 1 unspecified atom stereocenters. The molecule has 6 amide bonds. The summed E-state index contributed by atoms with van der Waals surface area (Å²) >= 11 is 0. The molecule has 1 fully saturated rings. The van der Waals surface area contributed by atoms with Crippen LogP contribution >= 0.6 is 0 Å². The number of carbonyl (C=O) groups is 6. The number of nitrogens with two attached hydrogens (primary N) is 1. The molecule has 0 aliphatic carbocycles. The average molecular weight is 551 g/mol. The lowest BCUT2D eigenvalue weighted by Gasteiger charge is -2.27. The molecule has 4 N–H and O–H groups in total. The Hall–Kier alpha value is -4.08. The molecule has 0 aromatic heterocycles. The molecule has 0 spiro atoms. The molecule has 1 saturated heterocycles. The summed E-state index contributed by atoms with van der Waals surface area (Å²) in [5, 5.41) is 4.74. The number of carbonyl (C=O) groups excluding carboxylic acids is 6. The van der Waals surface area contributed by atoms with Gasteiger partial charge in [0.25, 0.3) is 17.7 Å². The highest BCUT2D eigenvalue weighted by Gasteiger charge is 2.46. The van der Waals surface area contributed by atoms with E-state index in [1.54, 1.807) is 0 Å². The van der Waals surface area contributed by atoms with Gasteiger partial charge in [0.1, 0.15) is 18.4 Å². The van der Waals surface area contributed by atoms with Crippen LogP contribution < -0.4 is 21.1 Å². The van der Waals surface area contributed by atoms with Gasteiger partial charge in [-0.3, -0.25) is 34.2 Å². The largest absolute Gasteiger partial charge is 0.483 e. The van der Waals surface area contributed by atoms with E-state index in [1.165, 1.54) is 18.2 Å². The number of amides is 6. The van der Waals surface area contributed by atoms with Crippen molar-refractivity contribution in [1.29, 1.82) is 0 Å². The van der Waals surface area contributed by atoms with E-state index in [1.807, 2.05) is 0 Å². The number of benzene rings is 1.